The monoisotopic (exact) mass is 489 g/mol. The van der Waals surface area contributed by atoms with Crippen LogP contribution in [0.5, 0.6) is 0 Å². The minimum absolute atomic E-state index is 0.0295. The van der Waals surface area contributed by atoms with E-state index < -0.39 is 5.97 Å². The summed E-state index contributed by atoms with van der Waals surface area (Å²) in [6, 6.07) is 17.1. The van der Waals surface area contributed by atoms with Gasteiger partial charge in [-0.25, -0.2) is 4.79 Å². The van der Waals surface area contributed by atoms with Crippen molar-refractivity contribution in [3.8, 4) is 0 Å². The molecule has 0 fully saturated rings. The molecule has 0 heterocycles. The van der Waals surface area contributed by atoms with Gasteiger partial charge in [0.25, 0.3) is 0 Å². The first kappa shape index (κ1) is 20.5. The topological polar surface area (TPSA) is 76.7 Å². The highest BCUT2D eigenvalue weighted by Gasteiger charge is 2.24. The number of fused-ring (bicyclic) bond motifs is 2. The lowest BCUT2D eigenvalue weighted by atomic mass is 9.95. The summed E-state index contributed by atoms with van der Waals surface area (Å²) in [5.41, 5.74) is 11.0. The zero-order valence-electron chi connectivity index (χ0n) is 15.8. The predicted octanol–water partition coefficient (Wildman–Crippen LogP) is 3.66. The number of ether oxygens (including phenoxy) is 1. The number of nitrogens with zero attached hydrogens (tertiary/aromatic N) is 1. The fourth-order valence-corrected chi connectivity index (χ4v) is 3.93. The van der Waals surface area contributed by atoms with E-state index in [0.29, 0.717) is 6.61 Å². The molecular weight excluding hydrogens is 465 g/mol. The molecule has 0 spiro atoms. The van der Waals surface area contributed by atoms with Crippen LogP contribution in [0.2, 0.25) is 0 Å². The zero-order chi connectivity index (χ0) is 19.9. The maximum absolute atomic E-state index is 11.9. The van der Waals surface area contributed by atoms with E-state index >= 15 is 0 Å². The molecule has 6 heteroatoms. The van der Waals surface area contributed by atoms with E-state index in [0.717, 1.165) is 12.8 Å². The highest BCUT2D eigenvalue weighted by molar-refractivity contribution is 14.1. The van der Waals surface area contributed by atoms with Crippen molar-refractivity contribution in [1.29, 1.82) is 0 Å². The van der Waals surface area contributed by atoms with Crippen molar-refractivity contribution >= 4 is 34.8 Å². The second kappa shape index (κ2) is 9.84. The first-order valence-corrected chi connectivity index (χ1v) is 10.6. The van der Waals surface area contributed by atoms with Gasteiger partial charge in [0.05, 0.1) is 18.2 Å². The van der Waals surface area contributed by atoms with E-state index in [4.69, 9.17) is 10.5 Å². The molecule has 0 saturated heterocycles. The maximum Gasteiger partial charge on any atom is 0.341 e. The third-order valence-electron chi connectivity index (χ3n) is 4.74. The van der Waals surface area contributed by atoms with Gasteiger partial charge in [-0.05, 0) is 64.6 Å². The van der Waals surface area contributed by atoms with Crippen LogP contribution in [0.25, 0.3) is 0 Å². The van der Waals surface area contributed by atoms with Gasteiger partial charge in [0.15, 0.2) is 4.17 Å². The largest absolute Gasteiger partial charge is 0.462 e. The molecule has 0 aromatic heterocycles. The number of carbonyl (C=O) groups excluding carboxylic acids is 1. The molecule has 1 aliphatic rings. The van der Waals surface area contributed by atoms with E-state index in [2.05, 4.69) is 81.4 Å². The Bertz CT molecular complexity index is 847. The smallest absolute Gasteiger partial charge is 0.341 e. The van der Waals surface area contributed by atoms with Gasteiger partial charge in [-0.3, -0.25) is 10.3 Å². The van der Waals surface area contributed by atoms with Gasteiger partial charge in [-0.15, -0.1) is 0 Å². The van der Waals surface area contributed by atoms with Crippen LogP contribution in [0.3, 0.4) is 0 Å². The molecule has 0 amide bonds. The fourth-order valence-electron chi connectivity index (χ4n) is 3.41. The van der Waals surface area contributed by atoms with Crippen molar-refractivity contribution in [1.82, 2.24) is 5.32 Å². The fraction of sp³-hybridized carbons (Fsp3) is 0.273. The van der Waals surface area contributed by atoms with E-state index in [1.807, 2.05) is 0 Å². The quantitative estimate of drug-likeness (QED) is 0.162. The van der Waals surface area contributed by atoms with Gasteiger partial charge in [0.1, 0.15) is 0 Å². The third-order valence-corrected chi connectivity index (χ3v) is 5.42. The van der Waals surface area contributed by atoms with Crippen LogP contribution in [0.4, 0.5) is 0 Å². The lowest BCUT2D eigenvalue weighted by Crippen LogP contribution is -2.29. The highest BCUT2D eigenvalue weighted by atomic mass is 127. The molecule has 0 bridgehead atoms. The number of benzene rings is 2. The van der Waals surface area contributed by atoms with E-state index in [1.54, 1.807) is 6.92 Å². The number of hydrogen-bond donors (Lipinski definition) is 2. The number of hydrogen-bond acceptors (Lipinski definition) is 5. The van der Waals surface area contributed by atoms with E-state index in [9.17, 15) is 4.79 Å². The summed E-state index contributed by atoms with van der Waals surface area (Å²) in [4.78, 5) is 16.3. The van der Waals surface area contributed by atoms with Crippen molar-refractivity contribution in [3.05, 3.63) is 82.6 Å². The van der Waals surface area contributed by atoms with Crippen LogP contribution in [-0.2, 0) is 22.4 Å². The lowest BCUT2D eigenvalue weighted by molar-refractivity contribution is -0.137. The Kier molecular flexibility index (Phi) is 7.22. The molecule has 1 atom stereocenters. The molecule has 0 aliphatic heterocycles. The van der Waals surface area contributed by atoms with Crippen LogP contribution < -0.4 is 11.1 Å². The Balaban J connectivity index is 1.85. The first-order valence-electron chi connectivity index (χ1n) is 9.32. The molecule has 0 radical (unpaired) electrons. The summed E-state index contributed by atoms with van der Waals surface area (Å²) in [5.74, 6) is -0.470. The Hall–Kier alpha value is -2.19. The van der Waals surface area contributed by atoms with E-state index in [1.165, 1.54) is 34.7 Å². The van der Waals surface area contributed by atoms with Gasteiger partial charge in [-0.2, -0.15) is 0 Å². The maximum atomic E-state index is 11.9. The number of rotatable bonds is 6. The molecule has 3 N–H and O–H groups in total. The third kappa shape index (κ3) is 4.80. The van der Waals surface area contributed by atoms with Gasteiger partial charge in [0.2, 0.25) is 0 Å². The van der Waals surface area contributed by atoms with Gasteiger partial charge in [0, 0.05) is 12.4 Å². The van der Waals surface area contributed by atoms with Crippen molar-refractivity contribution in [2.45, 2.75) is 30.0 Å². The second-order valence-corrected chi connectivity index (χ2v) is 7.63. The lowest BCUT2D eigenvalue weighted by Gasteiger charge is -2.23. The molecule has 5 nitrogen and oxygen atoms in total. The van der Waals surface area contributed by atoms with Gasteiger partial charge >= 0.3 is 5.97 Å². The second-order valence-electron chi connectivity index (χ2n) is 6.45. The SMILES string of the molecule is CCOC(=O)/C(C=NC(I)NC1c2ccccc2CCc2ccccc21)=C/N. The average molecular weight is 489 g/mol. The van der Waals surface area contributed by atoms with Crippen molar-refractivity contribution in [2.24, 2.45) is 10.7 Å². The average Bonchev–Trinajstić information content (AvgIpc) is 2.86. The van der Waals surface area contributed by atoms with Crippen molar-refractivity contribution in [2.75, 3.05) is 6.61 Å². The summed E-state index contributed by atoms with van der Waals surface area (Å²) in [7, 11) is 0. The molecule has 1 unspecified atom stereocenters. The molecule has 2 aromatic carbocycles. The standard InChI is InChI=1S/C22H24IN3O2/c1-2-28-21(27)17(13-24)14-25-22(23)26-20-18-9-5-3-7-15(18)11-12-16-8-4-6-10-19(16)20/h3-10,13-14,20,22,26H,2,11-12,24H2,1H3/b17-13+,25-14?. The Morgan fingerprint density at radius 2 is 1.79 bits per heavy atom. The molecule has 146 valence electrons. The first-order chi connectivity index (χ1) is 13.6. The van der Waals surface area contributed by atoms with Crippen LogP contribution >= 0.6 is 22.6 Å². The van der Waals surface area contributed by atoms with E-state index in [-0.39, 0.29) is 15.8 Å². The Morgan fingerprint density at radius 1 is 1.21 bits per heavy atom. The molecular formula is C22H24IN3O2. The number of esters is 1. The number of halogens is 1. The number of aryl methyl sites for hydroxylation is 2. The summed E-state index contributed by atoms with van der Waals surface area (Å²) >= 11 is 2.22. The normalized spacial score (nSPS) is 15.6. The summed E-state index contributed by atoms with van der Waals surface area (Å²) < 4.78 is 4.74. The summed E-state index contributed by atoms with van der Waals surface area (Å²) in [5, 5.41) is 3.59. The van der Waals surface area contributed by atoms with Crippen LogP contribution in [0, 0.1) is 0 Å². The van der Waals surface area contributed by atoms with Crippen LogP contribution in [-0.4, -0.2) is 23.0 Å². The minimum atomic E-state index is -0.470. The van der Waals surface area contributed by atoms with Crippen molar-refractivity contribution < 1.29 is 9.53 Å². The summed E-state index contributed by atoms with van der Waals surface area (Å²) in [6.07, 6.45) is 4.73. The Morgan fingerprint density at radius 3 is 2.32 bits per heavy atom. The number of nitrogens with two attached hydrogens (primary N) is 1. The van der Waals surface area contributed by atoms with Gasteiger partial charge < -0.3 is 10.5 Å². The number of carbonyl (C=O) groups is 1. The molecule has 1 aliphatic carbocycles. The highest BCUT2D eigenvalue weighted by Crippen LogP contribution is 2.33. The zero-order valence-corrected chi connectivity index (χ0v) is 17.9. The number of aliphatic imine (C=N–C) groups is 1. The molecule has 3 rings (SSSR count). The molecule has 28 heavy (non-hydrogen) atoms. The van der Waals surface area contributed by atoms with Crippen molar-refractivity contribution in [3.63, 3.8) is 0 Å². The van der Waals surface area contributed by atoms with Gasteiger partial charge in [-0.1, -0.05) is 48.5 Å². The number of nitrogens with one attached hydrogen (secondary N) is 1. The molecule has 2 aromatic rings. The Labute approximate surface area is 179 Å². The van der Waals surface area contributed by atoms with Crippen LogP contribution in [0.1, 0.15) is 35.2 Å². The predicted molar refractivity (Wildman–Crippen MR) is 120 cm³/mol. The molecule has 0 saturated carbocycles. The summed E-state index contributed by atoms with van der Waals surface area (Å²) in [6.45, 7) is 2.05. The minimum Gasteiger partial charge on any atom is -0.462 e. The van der Waals surface area contributed by atoms with Crippen LogP contribution in [0.15, 0.2) is 65.3 Å². The number of alkyl halides is 1.